The molecule has 1 N–H and O–H groups in total. The highest BCUT2D eigenvalue weighted by Gasteiger charge is 2.19. The Hall–Kier alpha value is -0.400. The van der Waals surface area contributed by atoms with Gasteiger partial charge in [-0.3, -0.25) is 0 Å². The van der Waals surface area contributed by atoms with Gasteiger partial charge in [-0.15, -0.1) is 11.8 Å². The minimum atomic E-state index is -0.418. The Bertz CT molecular complexity index is 459. The Labute approximate surface area is 129 Å². The highest BCUT2D eigenvalue weighted by molar-refractivity contribution is 7.99. The van der Waals surface area contributed by atoms with E-state index in [0.29, 0.717) is 5.02 Å². The van der Waals surface area contributed by atoms with Gasteiger partial charge in [0.05, 0.1) is 11.1 Å². The van der Waals surface area contributed by atoms with Gasteiger partial charge in [0.15, 0.2) is 0 Å². The normalized spacial score (nSPS) is 13.8. The van der Waals surface area contributed by atoms with E-state index in [2.05, 4.69) is 11.4 Å². The molecule has 0 heterocycles. The monoisotopic (exact) mass is 316 g/mol. The number of nitrogens with zero attached hydrogens (tertiary/aromatic N) is 1. The van der Waals surface area contributed by atoms with Crippen molar-refractivity contribution in [2.45, 2.75) is 36.6 Å². The number of unbranched alkanes of at least 4 members (excludes halogenated alkanes) is 1. The van der Waals surface area contributed by atoms with Crippen LogP contribution in [0.2, 0.25) is 10.0 Å². The number of benzene rings is 1. The quantitative estimate of drug-likeness (QED) is 0.582. The van der Waals surface area contributed by atoms with Crippen molar-refractivity contribution in [3.63, 3.8) is 0 Å². The topological polar surface area (TPSA) is 35.8 Å². The molecule has 0 radical (unpaired) electrons. The largest absolute Gasteiger partial charge is 0.303 e. The molecule has 1 aromatic carbocycles. The molecule has 0 amide bonds. The average molecular weight is 317 g/mol. The van der Waals surface area contributed by atoms with Crippen LogP contribution in [-0.4, -0.2) is 18.3 Å². The molecule has 1 unspecified atom stereocenters. The summed E-state index contributed by atoms with van der Waals surface area (Å²) in [5, 5.41) is 13.5. The van der Waals surface area contributed by atoms with Crippen LogP contribution in [0, 0.1) is 11.3 Å². The van der Waals surface area contributed by atoms with Crippen molar-refractivity contribution in [2.75, 3.05) is 12.8 Å². The molecule has 0 saturated carbocycles. The molecule has 1 rings (SSSR count). The summed E-state index contributed by atoms with van der Waals surface area (Å²) in [6, 6.07) is 7.80. The molecule has 5 heteroatoms. The summed E-state index contributed by atoms with van der Waals surface area (Å²) in [4.78, 5) is 1.02. The summed E-state index contributed by atoms with van der Waals surface area (Å²) in [6.45, 7) is 1.92. The lowest BCUT2D eigenvalue weighted by atomic mass is 9.97. The Morgan fingerprint density at radius 1 is 1.37 bits per heavy atom. The zero-order valence-corrected chi connectivity index (χ0v) is 13.5. The molecule has 0 aliphatic carbocycles. The molecule has 0 saturated heterocycles. The van der Waals surface area contributed by atoms with E-state index in [-0.39, 0.29) is 0 Å². The van der Waals surface area contributed by atoms with Crippen molar-refractivity contribution in [1.29, 1.82) is 5.26 Å². The highest BCUT2D eigenvalue weighted by atomic mass is 35.5. The molecular weight excluding hydrogens is 299 g/mol. The van der Waals surface area contributed by atoms with Crippen molar-refractivity contribution in [3.8, 4) is 6.07 Å². The van der Waals surface area contributed by atoms with E-state index in [9.17, 15) is 0 Å². The SMILES string of the molecule is CNC(C)(C#N)CCCCSc1cc(Cl)ccc1Cl. The third-order valence-electron chi connectivity index (χ3n) is 3.02. The third-order valence-corrected chi connectivity index (χ3v) is 4.84. The fourth-order valence-electron chi connectivity index (χ4n) is 1.59. The van der Waals surface area contributed by atoms with Gasteiger partial charge in [0.1, 0.15) is 5.54 Å². The zero-order valence-electron chi connectivity index (χ0n) is 11.2. The molecule has 0 aromatic heterocycles. The first-order valence-electron chi connectivity index (χ1n) is 6.19. The van der Waals surface area contributed by atoms with Crippen molar-refractivity contribution < 1.29 is 0 Å². The summed E-state index contributed by atoms with van der Waals surface area (Å²) < 4.78 is 0. The Kier molecular flexibility index (Phi) is 7.02. The summed E-state index contributed by atoms with van der Waals surface area (Å²) in [5.74, 6) is 0.977. The molecule has 0 bridgehead atoms. The fourth-order valence-corrected chi connectivity index (χ4v) is 3.09. The number of nitrogens with one attached hydrogen (secondary N) is 1. The Morgan fingerprint density at radius 2 is 2.11 bits per heavy atom. The van der Waals surface area contributed by atoms with Crippen molar-refractivity contribution in [2.24, 2.45) is 0 Å². The van der Waals surface area contributed by atoms with E-state index < -0.39 is 5.54 Å². The lowest BCUT2D eigenvalue weighted by molar-refractivity contribution is 0.439. The number of thioether (sulfide) groups is 1. The number of rotatable bonds is 7. The predicted molar refractivity (Wildman–Crippen MR) is 84.1 cm³/mol. The van der Waals surface area contributed by atoms with Crippen LogP contribution in [0.15, 0.2) is 23.1 Å². The fraction of sp³-hybridized carbons (Fsp3) is 0.500. The second kappa shape index (κ2) is 8.01. The molecule has 2 nitrogen and oxygen atoms in total. The van der Waals surface area contributed by atoms with Gasteiger partial charge in [0.25, 0.3) is 0 Å². The first-order chi connectivity index (χ1) is 9.00. The maximum atomic E-state index is 9.04. The van der Waals surface area contributed by atoms with Gasteiger partial charge >= 0.3 is 0 Å². The number of nitriles is 1. The van der Waals surface area contributed by atoms with E-state index in [4.69, 9.17) is 28.5 Å². The number of halogens is 2. The molecule has 0 spiro atoms. The van der Waals surface area contributed by atoms with Crippen molar-refractivity contribution in [3.05, 3.63) is 28.2 Å². The molecule has 0 aliphatic heterocycles. The van der Waals surface area contributed by atoms with E-state index in [1.165, 1.54) is 0 Å². The van der Waals surface area contributed by atoms with Crippen molar-refractivity contribution in [1.82, 2.24) is 5.32 Å². The Balaban J connectivity index is 2.32. The highest BCUT2D eigenvalue weighted by Crippen LogP contribution is 2.30. The van der Waals surface area contributed by atoms with Crippen LogP contribution in [-0.2, 0) is 0 Å². The van der Waals surface area contributed by atoms with E-state index in [1.54, 1.807) is 17.8 Å². The number of hydrogen-bond acceptors (Lipinski definition) is 3. The molecule has 104 valence electrons. The molecular formula is C14H18Cl2N2S. The minimum absolute atomic E-state index is 0.418. The average Bonchev–Trinajstić information content (AvgIpc) is 2.42. The predicted octanol–water partition coefficient (Wildman–Crippen LogP) is 4.76. The maximum absolute atomic E-state index is 9.04. The van der Waals surface area contributed by atoms with Gasteiger partial charge in [0, 0.05) is 9.92 Å². The van der Waals surface area contributed by atoms with Crippen molar-refractivity contribution >= 4 is 35.0 Å². The van der Waals surface area contributed by atoms with Gasteiger partial charge in [0.2, 0.25) is 0 Å². The van der Waals surface area contributed by atoms with Crippen LogP contribution in [0.1, 0.15) is 26.2 Å². The maximum Gasteiger partial charge on any atom is 0.103 e. The first-order valence-corrected chi connectivity index (χ1v) is 7.93. The molecule has 1 atom stereocenters. The van der Waals surface area contributed by atoms with Crippen LogP contribution in [0.4, 0.5) is 0 Å². The summed E-state index contributed by atoms with van der Waals surface area (Å²) in [5.41, 5.74) is -0.418. The van der Waals surface area contributed by atoms with E-state index in [1.807, 2.05) is 26.1 Å². The first kappa shape index (κ1) is 16.7. The second-order valence-corrected chi connectivity index (χ2v) is 6.55. The molecule has 0 fully saturated rings. The molecule has 1 aromatic rings. The van der Waals surface area contributed by atoms with Crippen LogP contribution in [0.3, 0.4) is 0 Å². The molecule has 19 heavy (non-hydrogen) atoms. The zero-order chi connectivity index (χ0) is 14.3. The minimum Gasteiger partial charge on any atom is -0.303 e. The summed E-state index contributed by atoms with van der Waals surface area (Å²) in [6.07, 6.45) is 2.91. The van der Waals surface area contributed by atoms with Gasteiger partial charge in [-0.1, -0.05) is 23.2 Å². The van der Waals surface area contributed by atoms with Crippen LogP contribution >= 0.6 is 35.0 Å². The lowest BCUT2D eigenvalue weighted by Crippen LogP contribution is -2.37. The van der Waals surface area contributed by atoms with Crippen LogP contribution < -0.4 is 5.32 Å². The Morgan fingerprint density at radius 3 is 2.74 bits per heavy atom. The van der Waals surface area contributed by atoms with Crippen LogP contribution in [0.5, 0.6) is 0 Å². The summed E-state index contributed by atoms with van der Waals surface area (Å²) >= 11 is 13.7. The van der Waals surface area contributed by atoms with Crippen LogP contribution in [0.25, 0.3) is 0 Å². The smallest absolute Gasteiger partial charge is 0.103 e. The standard InChI is InChI=1S/C14H18Cl2N2S/c1-14(10-17,18-2)7-3-4-8-19-13-9-11(15)5-6-12(13)16/h5-6,9,18H,3-4,7-8H2,1-2H3. The van der Waals surface area contributed by atoms with E-state index in [0.717, 1.165) is 34.9 Å². The second-order valence-electron chi connectivity index (χ2n) is 4.57. The van der Waals surface area contributed by atoms with Gasteiger partial charge in [-0.2, -0.15) is 5.26 Å². The molecule has 0 aliphatic rings. The van der Waals surface area contributed by atoms with Gasteiger partial charge < -0.3 is 5.32 Å². The number of hydrogen-bond donors (Lipinski definition) is 1. The van der Waals surface area contributed by atoms with E-state index >= 15 is 0 Å². The van der Waals surface area contributed by atoms with Gasteiger partial charge in [-0.25, -0.2) is 0 Å². The summed E-state index contributed by atoms with van der Waals surface area (Å²) in [7, 11) is 1.82. The lowest BCUT2D eigenvalue weighted by Gasteiger charge is -2.20. The van der Waals surface area contributed by atoms with Gasteiger partial charge in [-0.05, 0) is 57.2 Å². The third kappa shape index (κ3) is 5.62.